The first-order chi connectivity index (χ1) is 8.68. The molecule has 0 aliphatic heterocycles. The van der Waals surface area contributed by atoms with Gasteiger partial charge in [-0.3, -0.25) is 4.79 Å². The largest absolute Gasteiger partial charge is 0.293 e. The molecular formula is C15H10F2O. The number of hydrogen-bond donors (Lipinski definition) is 0. The molecule has 2 aromatic rings. The second kappa shape index (κ2) is 4.02. The van der Waals surface area contributed by atoms with Crippen molar-refractivity contribution in [2.24, 2.45) is 0 Å². The average Bonchev–Trinajstić information content (AvgIpc) is 2.30. The second-order valence-corrected chi connectivity index (χ2v) is 4.42. The lowest BCUT2D eigenvalue weighted by atomic mass is 9.73. The Hall–Kier alpha value is -2.03. The molecule has 0 bridgehead atoms. The number of ketones is 1. The van der Waals surface area contributed by atoms with Gasteiger partial charge in [0.1, 0.15) is 11.6 Å². The van der Waals surface area contributed by atoms with Gasteiger partial charge in [-0.05, 0) is 29.7 Å². The second-order valence-electron chi connectivity index (χ2n) is 4.42. The Morgan fingerprint density at radius 1 is 1.00 bits per heavy atom. The molecule has 1 aliphatic carbocycles. The van der Waals surface area contributed by atoms with Crippen molar-refractivity contribution in [2.75, 3.05) is 0 Å². The molecule has 0 saturated heterocycles. The van der Waals surface area contributed by atoms with E-state index in [0.29, 0.717) is 6.42 Å². The van der Waals surface area contributed by atoms with Crippen molar-refractivity contribution in [3.05, 3.63) is 70.8 Å². The lowest BCUT2D eigenvalue weighted by Gasteiger charge is -2.28. The third-order valence-electron chi connectivity index (χ3n) is 3.38. The Bertz CT molecular complexity index is 614. The maximum Gasteiger partial charge on any atom is 0.176 e. The third-order valence-corrected chi connectivity index (χ3v) is 3.38. The first-order valence-electron chi connectivity index (χ1n) is 5.74. The molecule has 3 rings (SSSR count). The van der Waals surface area contributed by atoms with Gasteiger partial charge in [0.25, 0.3) is 0 Å². The minimum absolute atomic E-state index is 0.410. The highest BCUT2D eigenvalue weighted by Crippen LogP contribution is 2.37. The van der Waals surface area contributed by atoms with Crippen molar-refractivity contribution < 1.29 is 13.6 Å². The monoisotopic (exact) mass is 244 g/mol. The topological polar surface area (TPSA) is 17.1 Å². The van der Waals surface area contributed by atoms with Gasteiger partial charge >= 0.3 is 0 Å². The Balaban J connectivity index is 1.99. The normalized spacial score (nSPS) is 16.9. The lowest BCUT2D eigenvalue weighted by Crippen LogP contribution is -2.26. The SMILES string of the molecule is O=C(c1c(F)cccc1F)C1Cc2ccccc21. The van der Waals surface area contributed by atoms with Crippen LogP contribution >= 0.6 is 0 Å². The number of fused-ring (bicyclic) bond motifs is 1. The zero-order chi connectivity index (χ0) is 12.7. The minimum Gasteiger partial charge on any atom is -0.293 e. The third kappa shape index (κ3) is 1.55. The van der Waals surface area contributed by atoms with Gasteiger partial charge in [-0.1, -0.05) is 30.3 Å². The first kappa shape index (κ1) is 11.1. The highest BCUT2D eigenvalue weighted by molar-refractivity contribution is 6.03. The molecule has 0 fully saturated rings. The van der Waals surface area contributed by atoms with Crippen LogP contribution < -0.4 is 0 Å². The Labute approximate surface area is 103 Å². The minimum atomic E-state index is -0.788. The summed E-state index contributed by atoms with van der Waals surface area (Å²) in [5.41, 5.74) is 1.54. The van der Waals surface area contributed by atoms with Gasteiger partial charge in [-0.15, -0.1) is 0 Å². The van der Waals surface area contributed by atoms with E-state index in [-0.39, 0.29) is 0 Å². The molecule has 1 nitrogen and oxygen atoms in total. The zero-order valence-corrected chi connectivity index (χ0v) is 9.49. The van der Waals surface area contributed by atoms with E-state index >= 15 is 0 Å². The van der Waals surface area contributed by atoms with E-state index < -0.39 is 28.9 Å². The summed E-state index contributed by atoms with van der Waals surface area (Å²) in [6.45, 7) is 0. The summed E-state index contributed by atoms with van der Waals surface area (Å²) in [4.78, 5) is 12.2. The van der Waals surface area contributed by atoms with Gasteiger partial charge in [-0.2, -0.15) is 0 Å². The molecule has 0 radical (unpaired) electrons. The van der Waals surface area contributed by atoms with Crippen LogP contribution in [0.2, 0.25) is 0 Å². The van der Waals surface area contributed by atoms with Gasteiger partial charge in [-0.25, -0.2) is 8.78 Å². The average molecular weight is 244 g/mol. The van der Waals surface area contributed by atoms with Gasteiger partial charge in [0.05, 0.1) is 11.5 Å². The van der Waals surface area contributed by atoms with Crippen LogP contribution in [0.15, 0.2) is 42.5 Å². The fraction of sp³-hybridized carbons (Fsp3) is 0.133. The lowest BCUT2D eigenvalue weighted by molar-refractivity contribution is 0.0940. The summed E-state index contributed by atoms with van der Waals surface area (Å²) in [5, 5.41) is 0. The van der Waals surface area contributed by atoms with Crippen LogP contribution in [-0.4, -0.2) is 5.78 Å². The summed E-state index contributed by atoms with van der Waals surface area (Å²) < 4.78 is 27.1. The smallest absolute Gasteiger partial charge is 0.176 e. The summed E-state index contributed by atoms with van der Waals surface area (Å²) >= 11 is 0. The molecule has 0 heterocycles. The van der Waals surface area contributed by atoms with Crippen molar-refractivity contribution in [1.29, 1.82) is 0 Å². The molecule has 0 spiro atoms. The van der Waals surface area contributed by atoms with Crippen LogP contribution in [0.25, 0.3) is 0 Å². The van der Waals surface area contributed by atoms with Crippen LogP contribution in [-0.2, 0) is 6.42 Å². The van der Waals surface area contributed by atoms with Gasteiger partial charge in [0, 0.05) is 0 Å². The number of rotatable bonds is 2. The molecular weight excluding hydrogens is 234 g/mol. The highest BCUT2D eigenvalue weighted by atomic mass is 19.1. The molecule has 2 aromatic carbocycles. The molecule has 0 amide bonds. The molecule has 1 unspecified atom stereocenters. The van der Waals surface area contributed by atoms with E-state index in [1.54, 1.807) is 0 Å². The van der Waals surface area contributed by atoms with Crippen LogP contribution in [0, 0.1) is 11.6 Å². The van der Waals surface area contributed by atoms with Crippen molar-refractivity contribution in [3.63, 3.8) is 0 Å². The van der Waals surface area contributed by atoms with Crippen LogP contribution in [0.1, 0.15) is 27.4 Å². The molecule has 1 atom stereocenters. The number of carbonyl (C=O) groups excluding carboxylic acids is 1. The maximum absolute atomic E-state index is 13.5. The van der Waals surface area contributed by atoms with Crippen LogP contribution in [0.4, 0.5) is 8.78 Å². The fourth-order valence-electron chi connectivity index (χ4n) is 2.40. The maximum atomic E-state index is 13.5. The molecule has 0 aromatic heterocycles. The Morgan fingerprint density at radius 2 is 1.67 bits per heavy atom. The quantitative estimate of drug-likeness (QED) is 0.739. The number of carbonyl (C=O) groups is 1. The first-order valence-corrected chi connectivity index (χ1v) is 5.74. The Kier molecular flexibility index (Phi) is 2.47. The van der Waals surface area contributed by atoms with Crippen LogP contribution in [0.3, 0.4) is 0 Å². The standard InChI is InChI=1S/C15H10F2O/c16-12-6-3-7-13(17)14(12)15(18)11-8-9-4-1-2-5-10(9)11/h1-7,11H,8H2. The van der Waals surface area contributed by atoms with E-state index in [2.05, 4.69) is 0 Å². The van der Waals surface area contributed by atoms with E-state index in [4.69, 9.17) is 0 Å². The van der Waals surface area contributed by atoms with Gasteiger partial charge in [0.15, 0.2) is 5.78 Å². The molecule has 90 valence electrons. The predicted molar refractivity (Wildman–Crippen MR) is 63.6 cm³/mol. The molecule has 18 heavy (non-hydrogen) atoms. The van der Waals surface area contributed by atoms with Crippen molar-refractivity contribution in [2.45, 2.75) is 12.3 Å². The molecule has 3 heteroatoms. The van der Waals surface area contributed by atoms with E-state index in [1.807, 2.05) is 24.3 Å². The number of hydrogen-bond acceptors (Lipinski definition) is 1. The zero-order valence-electron chi connectivity index (χ0n) is 9.49. The summed E-state index contributed by atoms with van der Waals surface area (Å²) in [6.07, 6.45) is 0.558. The summed E-state index contributed by atoms with van der Waals surface area (Å²) in [6, 6.07) is 11.0. The van der Waals surface area contributed by atoms with Gasteiger partial charge in [0.2, 0.25) is 0 Å². The van der Waals surface area contributed by atoms with Gasteiger partial charge < -0.3 is 0 Å². The number of Topliss-reactive ketones (excluding diaryl/α,β-unsaturated/α-hetero) is 1. The van der Waals surface area contributed by atoms with Crippen molar-refractivity contribution >= 4 is 5.78 Å². The van der Waals surface area contributed by atoms with Crippen molar-refractivity contribution in [1.82, 2.24) is 0 Å². The van der Waals surface area contributed by atoms with E-state index in [1.165, 1.54) is 6.07 Å². The molecule has 0 saturated carbocycles. The number of halogens is 2. The van der Waals surface area contributed by atoms with Crippen LogP contribution in [0.5, 0.6) is 0 Å². The fourth-order valence-corrected chi connectivity index (χ4v) is 2.40. The molecule has 1 aliphatic rings. The summed E-state index contributed by atoms with van der Waals surface area (Å²) in [7, 11) is 0. The van der Waals surface area contributed by atoms with E-state index in [0.717, 1.165) is 23.3 Å². The van der Waals surface area contributed by atoms with E-state index in [9.17, 15) is 13.6 Å². The predicted octanol–water partition coefficient (Wildman–Crippen LogP) is 3.49. The number of benzene rings is 2. The summed E-state index contributed by atoms with van der Waals surface area (Å²) in [5.74, 6) is -2.45. The highest BCUT2D eigenvalue weighted by Gasteiger charge is 2.34. The molecule has 0 N–H and O–H groups in total. The Morgan fingerprint density at radius 3 is 2.33 bits per heavy atom. The van der Waals surface area contributed by atoms with Crippen molar-refractivity contribution in [3.8, 4) is 0 Å².